The summed E-state index contributed by atoms with van der Waals surface area (Å²) < 4.78 is 31.4. The van der Waals surface area contributed by atoms with Crippen LogP contribution in [0, 0.1) is 0 Å². The number of hydrogen-bond donors (Lipinski definition) is 0. The van der Waals surface area contributed by atoms with Gasteiger partial charge in [0.25, 0.3) is 0 Å². The van der Waals surface area contributed by atoms with E-state index in [1.54, 1.807) is 0 Å². The normalized spacial score (nSPS) is 24.1. The highest BCUT2D eigenvalue weighted by Crippen LogP contribution is 2.39. The van der Waals surface area contributed by atoms with E-state index in [1.807, 2.05) is 12.1 Å². The van der Waals surface area contributed by atoms with Crippen LogP contribution in [-0.4, -0.2) is 36.6 Å². The third-order valence-electron chi connectivity index (χ3n) is 8.11. The first-order chi connectivity index (χ1) is 15.3. The maximum absolute atomic E-state index is 6.41. The van der Waals surface area contributed by atoms with Crippen molar-refractivity contribution >= 4 is 25.2 Å². The first-order valence-corrected chi connectivity index (χ1v) is 11.9. The summed E-state index contributed by atoms with van der Waals surface area (Å²) in [5.74, 6) is 1.74. The monoisotopic (exact) mass is 448 g/mol. The van der Waals surface area contributed by atoms with Gasteiger partial charge in [0.2, 0.25) is 0 Å². The van der Waals surface area contributed by atoms with E-state index in [9.17, 15) is 0 Å². The van der Waals surface area contributed by atoms with Crippen LogP contribution in [0.15, 0.2) is 36.4 Å². The Morgan fingerprint density at radius 2 is 1.00 bits per heavy atom. The van der Waals surface area contributed by atoms with Crippen LogP contribution in [0.1, 0.15) is 66.5 Å². The molecule has 5 nitrogen and oxygen atoms in total. The van der Waals surface area contributed by atoms with Gasteiger partial charge in [-0.15, -0.1) is 0 Å². The molecule has 0 atom stereocenters. The molecule has 0 saturated carbocycles. The first kappa shape index (κ1) is 23.0. The lowest BCUT2D eigenvalue weighted by molar-refractivity contribution is 0.00578. The molecule has 7 heteroatoms. The van der Waals surface area contributed by atoms with Gasteiger partial charge in [0.05, 0.1) is 22.4 Å². The van der Waals surface area contributed by atoms with Gasteiger partial charge < -0.3 is 23.4 Å². The van der Waals surface area contributed by atoms with E-state index in [4.69, 9.17) is 23.4 Å². The number of benzene rings is 2. The smallest absolute Gasteiger partial charge is 0.457 e. The molecule has 0 N–H and O–H groups in total. The van der Waals surface area contributed by atoms with Crippen LogP contribution in [0.3, 0.4) is 0 Å². The first-order valence-electron chi connectivity index (χ1n) is 11.9. The molecule has 0 radical (unpaired) electrons. The van der Waals surface area contributed by atoms with E-state index in [-0.39, 0.29) is 29.5 Å². The van der Waals surface area contributed by atoms with Crippen molar-refractivity contribution in [3.8, 4) is 11.5 Å². The summed E-state index contributed by atoms with van der Waals surface area (Å²) in [6, 6.07) is 12.5. The summed E-state index contributed by atoms with van der Waals surface area (Å²) in [6.07, 6.45) is 1.80. The standard InChI is InChI=1S/C26H34B2O5/c1-23(2)24(3,4)31-27(30-23)19-13-14-21-18(15-19)10-9-17-11-12-20(16-22(17)29-21)28-32-25(5,6)26(7,8)33-28/h11-16H,9-10H2,1-8H3. The van der Waals surface area contributed by atoms with Crippen LogP contribution in [0.4, 0.5) is 0 Å². The lowest BCUT2D eigenvalue weighted by Crippen LogP contribution is -2.41. The molecule has 174 valence electrons. The summed E-state index contributed by atoms with van der Waals surface area (Å²) >= 11 is 0. The van der Waals surface area contributed by atoms with Crippen molar-refractivity contribution in [3.63, 3.8) is 0 Å². The van der Waals surface area contributed by atoms with Crippen molar-refractivity contribution in [1.82, 2.24) is 0 Å². The Morgan fingerprint density at radius 3 is 1.55 bits per heavy atom. The minimum Gasteiger partial charge on any atom is -0.457 e. The molecule has 0 amide bonds. The molecule has 33 heavy (non-hydrogen) atoms. The second-order valence-electron chi connectivity index (χ2n) is 11.5. The van der Waals surface area contributed by atoms with Gasteiger partial charge in [-0.3, -0.25) is 0 Å². The molecule has 2 saturated heterocycles. The second kappa shape index (κ2) is 7.35. The van der Waals surface area contributed by atoms with Crippen molar-refractivity contribution in [3.05, 3.63) is 47.5 Å². The fourth-order valence-corrected chi connectivity index (χ4v) is 4.41. The number of rotatable bonds is 2. The lowest BCUT2D eigenvalue weighted by Gasteiger charge is -2.32. The fraction of sp³-hybridized carbons (Fsp3) is 0.538. The van der Waals surface area contributed by atoms with Crippen LogP contribution in [0.2, 0.25) is 0 Å². The Labute approximate surface area is 198 Å². The number of ether oxygens (including phenoxy) is 1. The molecule has 3 aliphatic heterocycles. The van der Waals surface area contributed by atoms with Crippen LogP contribution in [0.5, 0.6) is 11.5 Å². The predicted molar refractivity (Wildman–Crippen MR) is 132 cm³/mol. The van der Waals surface area contributed by atoms with Gasteiger partial charge in [-0.25, -0.2) is 0 Å². The molecule has 3 aliphatic rings. The van der Waals surface area contributed by atoms with Gasteiger partial charge in [0.1, 0.15) is 11.5 Å². The van der Waals surface area contributed by atoms with Crippen molar-refractivity contribution in [2.24, 2.45) is 0 Å². The third kappa shape index (κ3) is 3.83. The third-order valence-corrected chi connectivity index (χ3v) is 8.11. The van der Waals surface area contributed by atoms with Crippen molar-refractivity contribution in [2.45, 2.75) is 90.6 Å². The Hall–Kier alpha value is -1.79. The molecule has 5 rings (SSSR count). The van der Waals surface area contributed by atoms with Crippen molar-refractivity contribution in [1.29, 1.82) is 0 Å². The molecule has 0 spiro atoms. The van der Waals surface area contributed by atoms with Crippen LogP contribution >= 0.6 is 0 Å². The highest BCUT2D eigenvalue weighted by Gasteiger charge is 2.53. The number of hydrogen-bond acceptors (Lipinski definition) is 5. The van der Waals surface area contributed by atoms with Crippen LogP contribution in [-0.2, 0) is 31.5 Å². The highest BCUT2D eigenvalue weighted by molar-refractivity contribution is 6.62. The second-order valence-corrected chi connectivity index (χ2v) is 11.5. The quantitative estimate of drug-likeness (QED) is 0.646. The average Bonchev–Trinajstić information content (AvgIpc) is 2.98. The molecule has 0 aliphatic carbocycles. The zero-order valence-corrected chi connectivity index (χ0v) is 21.1. The SMILES string of the molecule is CC1(C)OB(c2ccc3c(c2)CCc2ccc(B4OC(C)(C)C(C)(C)O4)cc2O3)OC1(C)C. The molecule has 2 aromatic carbocycles. The van der Waals surface area contributed by atoms with E-state index in [0.717, 1.165) is 40.8 Å². The van der Waals surface area contributed by atoms with Crippen LogP contribution in [0.25, 0.3) is 0 Å². The summed E-state index contributed by atoms with van der Waals surface area (Å²) in [4.78, 5) is 0. The topological polar surface area (TPSA) is 46.2 Å². The molecule has 0 aromatic heterocycles. The van der Waals surface area contributed by atoms with E-state index >= 15 is 0 Å². The summed E-state index contributed by atoms with van der Waals surface area (Å²) in [5.41, 5.74) is 2.88. The Bertz CT molecular complexity index is 1060. The maximum Gasteiger partial charge on any atom is 0.494 e. The fourth-order valence-electron chi connectivity index (χ4n) is 4.41. The van der Waals surface area contributed by atoms with E-state index in [2.05, 4.69) is 79.7 Å². The number of aryl methyl sites for hydroxylation is 2. The predicted octanol–water partition coefficient (Wildman–Crippen LogP) is 4.18. The van der Waals surface area contributed by atoms with E-state index in [1.165, 1.54) is 5.56 Å². The van der Waals surface area contributed by atoms with Gasteiger partial charge in [-0.1, -0.05) is 24.3 Å². The van der Waals surface area contributed by atoms with E-state index < -0.39 is 7.12 Å². The summed E-state index contributed by atoms with van der Waals surface area (Å²) in [6.45, 7) is 16.6. The molecular weight excluding hydrogens is 414 g/mol. The minimum absolute atomic E-state index is 0.360. The molecule has 2 fully saturated rings. The zero-order chi connectivity index (χ0) is 23.8. The molecule has 0 bridgehead atoms. The summed E-state index contributed by atoms with van der Waals surface area (Å²) in [5, 5.41) is 0. The maximum atomic E-state index is 6.41. The van der Waals surface area contributed by atoms with Gasteiger partial charge >= 0.3 is 14.2 Å². The summed E-state index contributed by atoms with van der Waals surface area (Å²) in [7, 11) is -0.779. The van der Waals surface area contributed by atoms with E-state index in [0.29, 0.717) is 0 Å². The Morgan fingerprint density at radius 1 is 0.545 bits per heavy atom. The molecule has 3 heterocycles. The highest BCUT2D eigenvalue weighted by atomic mass is 16.7. The molecule has 2 aromatic rings. The molecular formula is C26H34B2O5. The van der Waals surface area contributed by atoms with Gasteiger partial charge in [-0.05, 0) is 102 Å². The van der Waals surface area contributed by atoms with Gasteiger partial charge in [0, 0.05) is 0 Å². The Balaban J connectivity index is 1.39. The lowest BCUT2D eigenvalue weighted by atomic mass is 9.78. The average molecular weight is 448 g/mol. The van der Waals surface area contributed by atoms with Crippen molar-refractivity contribution in [2.75, 3.05) is 0 Å². The zero-order valence-electron chi connectivity index (χ0n) is 21.1. The Kier molecular flexibility index (Phi) is 5.12. The van der Waals surface area contributed by atoms with Crippen LogP contribution < -0.4 is 15.7 Å². The number of fused-ring (bicyclic) bond motifs is 2. The van der Waals surface area contributed by atoms with Crippen molar-refractivity contribution < 1.29 is 23.4 Å². The largest absolute Gasteiger partial charge is 0.494 e. The minimum atomic E-state index is -0.405. The van der Waals surface area contributed by atoms with Gasteiger partial charge in [-0.2, -0.15) is 0 Å². The molecule has 0 unspecified atom stereocenters. The van der Waals surface area contributed by atoms with Gasteiger partial charge in [0.15, 0.2) is 0 Å².